The van der Waals surface area contributed by atoms with E-state index >= 15 is 0 Å². The lowest BCUT2D eigenvalue weighted by molar-refractivity contribution is -0.870. The van der Waals surface area contributed by atoms with Crippen molar-refractivity contribution in [3.8, 4) is 0 Å². The fraction of sp³-hybridized carbons (Fsp3) is 0.833. The van der Waals surface area contributed by atoms with Gasteiger partial charge in [0.25, 0.3) is 7.82 Å². The number of hydrogen-bond donors (Lipinski definition) is 2. The van der Waals surface area contributed by atoms with E-state index in [1.165, 1.54) is 96.3 Å². The van der Waals surface area contributed by atoms with Crippen LogP contribution in [-0.2, 0) is 18.4 Å². The van der Waals surface area contributed by atoms with E-state index in [-0.39, 0.29) is 19.1 Å². The van der Waals surface area contributed by atoms with Crippen LogP contribution in [0.25, 0.3) is 0 Å². The number of nitrogens with one attached hydrogen (secondary N) is 1. The van der Waals surface area contributed by atoms with Crippen LogP contribution in [0.4, 0.5) is 0 Å². The van der Waals surface area contributed by atoms with E-state index in [1.54, 1.807) is 6.08 Å². The number of carbonyl (C=O) groups excluding carboxylic acids is 1. The number of allylic oxidation sites excluding steroid dienone is 5. The van der Waals surface area contributed by atoms with E-state index in [2.05, 4.69) is 43.5 Å². The zero-order valence-corrected chi connectivity index (χ0v) is 34.7. The summed E-state index contributed by atoms with van der Waals surface area (Å²) in [5.41, 5.74) is 0. The average molecular weight is 741 g/mol. The normalized spacial score (nSPS) is 14.9. The Balaban J connectivity index is 4.44. The highest BCUT2D eigenvalue weighted by Crippen LogP contribution is 2.38. The van der Waals surface area contributed by atoms with Crippen LogP contribution in [0.1, 0.15) is 174 Å². The van der Waals surface area contributed by atoms with Crippen molar-refractivity contribution in [1.82, 2.24) is 5.32 Å². The van der Waals surface area contributed by atoms with Crippen LogP contribution < -0.4 is 10.2 Å². The first-order chi connectivity index (χ1) is 24.5. The number of hydrogen-bond acceptors (Lipinski definition) is 6. The molecule has 51 heavy (non-hydrogen) atoms. The lowest BCUT2D eigenvalue weighted by atomic mass is 10.1. The summed E-state index contributed by atoms with van der Waals surface area (Å²) in [5.74, 6) is -0.209. The molecule has 3 unspecified atom stereocenters. The van der Waals surface area contributed by atoms with Gasteiger partial charge in [0, 0.05) is 6.42 Å². The molecular weight excluding hydrogens is 659 g/mol. The molecule has 0 aliphatic rings. The summed E-state index contributed by atoms with van der Waals surface area (Å²) in [4.78, 5) is 25.2. The number of aliphatic hydroxyl groups is 1. The first-order valence-electron chi connectivity index (χ1n) is 20.9. The Morgan fingerprint density at radius 2 is 1.14 bits per heavy atom. The van der Waals surface area contributed by atoms with Gasteiger partial charge in [-0.25, -0.2) is 0 Å². The monoisotopic (exact) mass is 741 g/mol. The van der Waals surface area contributed by atoms with Crippen molar-refractivity contribution in [1.29, 1.82) is 0 Å². The molecule has 0 aromatic carbocycles. The van der Waals surface area contributed by atoms with E-state index in [0.717, 1.165) is 57.8 Å². The summed E-state index contributed by atoms with van der Waals surface area (Å²) in [6.07, 6.45) is 40.4. The van der Waals surface area contributed by atoms with Gasteiger partial charge in [-0.05, 0) is 51.4 Å². The fourth-order valence-corrected chi connectivity index (χ4v) is 6.43. The largest absolute Gasteiger partial charge is 0.756 e. The number of nitrogens with zero attached hydrogens (tertiary/aromatic N) is 1. The molecule has 0 heterocycles. The molecule has 0 spiro atoms. The molecule has 1 amide bonds. The Hall–Kier alpha value is -1.28. The Kier molecular flexibility index (Phi) is 33.6. The number of quaternary nitrogens is 1. The third-order valence-electron chi connectivity index (χ3n) is 9.09. The maximum atomic E-state index is 12.8. The SMILES string of the molecule is CCCCCC/C=C\C/C=C\CCCCCCCCCC(=O)NC(COP(=O)([O-])OCC[N+](C)(C)C)C(O)/C=C/CCCCCCCCCCC. The van der Waals surface area contributed by atoms with E-state index in [1.807, 2.05) is 27.2 Å². The molecule has 0 aromatic rings. The standard InChI is InChI=1S/C42H81N2O6P/c1-6-8-10-12-14-16-18-19-20-21-22-23-24-26-28-30-32-34-36-42(46)43-40(39-50-51(47,48)49-38-37-44(3,4)5)41(45)35-33-31-29-27-25-17-15-13-11-9-7-2/h16,18,20-21,33,35,40-41,45H,6-15,17,19,22-32,34,36-39H2,1-5H3,(H-,43,46,47,48)/b18-16-,21-20-,35-33+. The highest BCUT2D eigenvalue weighted by atomic mass is 31.2. The maximum absolute atomic E-state index is 12.8. The molecule has 0 bridgehead atoms. The van der Waals surface area contributed by atoms with Gasteiger partial charge in [0.2, 0.25) is 5.91 Å². The third kappa shape index (κ3) is 36.9. The number of rotatable bonds is 37. The average Bonchev–Trinajstić information content (AvgIpc) is 3.07. The van der Waals surface area contributed by atoms with Crippen molar-refractivity contribution in [2.45, 2.75) is 187 Å². The van der Waals surface area contributed by atoms with Crippen molar-refractivity contribution in [2.24, 2.45) is 0 Å². The number of aliphatic hydroxyl groups excluding tert-OH is 1. The van der Waals surface area contributed by atoms with Crippen LogP contribution in [0.15, 0.2) is 36.5 Å². The lowest BCUT2D eigenvalue weighted by Gasteiger charge is -2.29. The van der Waals surface area contributed by atoms with Crippen molar-refractivity contribution in [2.75, 3.05) is 40.9 Å². The number of carbonyl (C=O) groups is 1. The maximum Gasteiger partial charge on any atom is 0.268 e. The third-order valence-corrected chi connectivity index (χ3v) is 10.1. The second kappa shape index (κ2) is 34.5. The minimum absolute atomic E-state index is 0.00325. The fourth-order valence-electron chi connectivity index (χ4n) is 5.71. The molecule has 300 valence electrons. The van der Waals surface area contributed by atoms with Crippen molar-refractivity contribution in [3.63, 3.8) is 0 Å². The molecule has 2 N–H and O–H groups in total. The second-order valence-corrected chi connectivity index (χ2v) is 16.8. The molecule has 3 atom stereocenters. The Morgan fingerprint density at radius 1 is 0.686 bits per heavy atom. The summed E-state index contributed by atoms with van der Waals surface area (Å²) in [6.45, 7) is 4.59. The molecule has 8 nitrogen and oxygen atoms in total. The van der Waals surface area contributed by atoms with Gasteiger partial charge in [-0.15, -0.1) is 0 Å². The van der Waals surface area contributed by atoms with Crippen LogP contribution in [0, 0.1) is 0 Å². The first-order valence-corrected chi connectivity index (χ1v) is 22.3. The van der Waals surface area contributed by atoms with Crippen LogP contribution in [0.3, 0.4) is 0 Å². The molecule has 9 heteroatoms. The van der Waals surface area contributed by atoms with Crippen molar-refractivity contribution >= 4 is 13.7 Å². The summed E-state index contributed by atoms with van der Waals surface area (Å²) in [6, 6.07) is -0.887. The topological polar surface area (TPSA) is 108 Å². The minimum atomic E-state index is -4.58. The van der Waals surface area contributed by atoms with Crippen LogP contribution in [0.2, 0.25) is 0 Å². The molecule has 0 aliphatic heterocycles. The molecule has 0 aromatic heterocycles. The van der Waals surface area contributed by atoms with E-state index in [4.69, 9.17) is 9.05 Å². The van der Waals surface area contributed by atoms with E-state index in [9.17, 15) is 19.4 Å². The quantitative estimate of drug-likeness (QED) is 0.0284. The number of unbranched alkanes of at least 4 members (excludes halogenated alkanes) is 20. The highest BCUT2D eigenvalue weighted by Gasteiger charge is 2.23. The lowest BCUT2D eigenvalue weighted by Crippen LogP contribution is -2.45. The zero-order chi connectivity index (χ0) is 37.9. The predicted octanol–water partition coefficient (Wildman–Crippen LogP) is 10.5. The number of phosphoric acid groups is 1. The molecule has 0 aliphatic carbocycles. The van der Waals surface area contributed by atoms with Crippen LogP contribution in [-0.4, -0.2) is 68.5 Å². The number of likely N-dealkylation sites (N-methyl/N-ethyl adjacent to an activating group) is 1. The van der Waals surface area contributed by atoms with Gasteiger partial charge in [0.05, 0.1) is 39.9 Å². The van der Waals surface area contributed by atoms with Gasteiger partial charge in [0.15, 0.2) is 0 Å². The summed E-state index contributed by atoms with van der Waals surface area (Å²) in [5, 5.41) is 13.7. The van der Waals surface area contributed by atoms with Crippen LogP contribution >= 0.6 is 7.82 Å². The zero-order valence-electron chi connectivity index (χ0n) is 33.8. The highest BCUT2D eigenvalue weighted by molar-refractivity contribution is 7.45. The van der Waals surface area contributed by atoms with Crippen molar-refractivity contribution in [3.05, 3.63) is 36.5 Å². The smallest absolute Gasteiger partial charge is 0.268 e. The van der Waals surface area contributed by atoms with Gasteiger partial charge >= 0.3 is 0 Å². The van der Waals surface area contributed by atoms with E-state index < -0.39 is 20.0 Å². The van der Waals surface area contributed by atoms with Crippen LogP contribution in [0.5, 0.6) is 0 Å². The first kappa shape index (κ1) is 49.7. The molecule has 0 saturated carbocycles. The molecule has 0 radical (unpaired) electrons. The van der Waals surface area contributed by atoms with Gasteiger partial charge < -0.3 is 28.8 Å². The van der Waals surface area contributed by atoms with Gasteiger partial charge in [0.1, 0.15) is 13.2 Å². The van der Waals surface area contributed by atoms with E-state index in [0.29, 0.717) is 17.4 Å². The van der Waals surface area contributed by atoms with Gasteiger partial charge in [-0.1, -0.05) is 153 Å². The summed E-state index contributed by atoms with van der Waals surface area (Å²) < 4.78 is 23.1. The summed E-state index contributed by atoms with van der Waals surface area (Å²) >= 11 is 0. The Labute approximate surface area is 315 Å². The molecule has 0 fully saturated rings. The Morgan fingerprint density at radius 3 is 1.65 bits per heavy atom. The number of amides is 1. The molecular formula is C42H81N2O6P. The predicted molar refractivity (Wildman–Crippen MR) is 215 cm³/mol. The van der Waals surface area contributed by atoms with Gasteiger partial charge in [-0.3, -0.25) is 9.36 Å². The second-order valence-electron chi connectivity index (χ2n) is 15.3. The molecule has 0 rings (SSSR count). The van der Waals surface area contributed by atoms with Gasteiger partial charge in [-0.2, -0.15) is 0 Å². The number of phosphoric ester groups is 1. The summed E-state index contributed by atoms with van der Waals surface area (Å²) in [7, 11) is 1.25. The Bertz CT molecular complexity index is 933. The molecule has 0 saturated heterocycles. The minimum Gasteiger partial charge on any atom is -0.756 e. The van der Waals surface area contributed by atoms with Crippen molar-refractivity contribution < 1.29 is 32.9 Å².